The molecule has 8 nitrogen and oxygen atoms in total. The molecule has 3 aromatic carbocycles. The summed E-state index contributed by atoms with van der Waals surface area (Å²) in [6.07, 6.45) is 0.698. The highest BCUT2D eigenvalue weighted by molar-refractivity contribution is 7.92. The number of anilines is 1. The van der Waals surface area contributed by atoms with Gasteiger partial charge in [0, 0.05) is 28.2 Å². The van der Waals surface area contributed by atoms with Crippen molar-refractivity contribution in [3.63, 3.8) is 0 Å². The summed E-state index contributed by atoms with van der Waals surface area (Å²) < 4.78 is 34.1. The zero-order valence-electron chi connectivity index (χ0n) is 23.7. The Balaban J connectivity index is 2.06. The second kappa shape index (κ2) is 14.1. The molecule has 11 heteroatoms. The van der Waals surface area contributed by atoms with Crippen molar-refractivity contribution in [3.05, 3.63) is 87.9 Å². The summed E-state index contributed by atoms with van der Waals surface area (Å²) in [7, 11) is -2.72. The fraction of sp³-hybridized carbons (Fsp3) is 0.333. The van der Waals surface area contributed by atoms with E-state index in [0.717, 1.165) is 9.87 Å². The summed E-state index contributed by atoms with van der Waals surface area (Å²) in [5.74, 6) is -0.493. The lowest BCUT2D eigenvalue weighted by atomic mass is 10.1. The SMILES string of the molecule is CC[C@@H](C)NC(=O)[C@H](C)N(Cc1c(Cl)cccc1Cl)C(=O)CN(c1ccc(C)cc1)S(=O)(=O)c1ccc(OC)cc1. The highest BCUT2D eigenvalue weighted by atomic mass is 35.5. The van der Waals surface area contributed by atoms with Crippen LogP contribution in [0.5, 0.6) is 5.75 Å². The molecule has 0 bridgehead atoms. The smallest absolute Gasteiger partial charge is 0.264 e. The van der Waals surface area contributed by atoms with Crippen LogP contribution in [0.1, 0.15) is 38.3 Å². The van der Waals surface area contributed by atoms with Crippen LogP contribution in [-0.2, 0) is 26.2 Å². The van der Waals surface area contributed by atoms with Crippen molar-refractivity contribution in [2.45, 2.75) is 57.6 Å². The third-order valence-electron chi connectivity index (χ3n) is 6.81. The maximum atomic E-state index is 14.0. The van der Waals surface area contributed by atoms with E-state index in [1.54, 1.807) is 49.4 Å². The van der Waals surface area contributed by atoms with E-state index >= 15 is 0 Å². The van der Waals surface area contributed by atoms with Crippen LogP contribution in [0.2, 0.25) is 10.0 Å². The Morgan fingerprint density at radius 2 is 1.54 bits per heavy atom. The Morgan fingerprint density at radius 1 is 0.951 bits per heavy atom. The topological polar surface area (TPSA) is 96.0 Å². The molecule has 0 aromatic heterocycles. The van der Waals surface area contributed by atoms with Crippen LogP contribution in [0.15, 0.2) is 71.6 Å². The minimum atomic E-state index is -4.20. The molecular weight excluding hydrogens is 585 g/mol. The van der Waals surface area contributed by atoms with Gasteiger partial charge in [-0.2, -0.15) is 0 Å². The quantitative estimate of drug-likeness (QED) is 0.275. The van der Waals surface area contributed by atoms with E-state index in [4.69, 9.17) is 27.9 Å². The monoisotopic (exact) mass is 619 g/mol. The maximum absolute atomic E-state index is 14.0. The number of rotatable bonds is 12. The first-order chi connectivity index (χ1) is 19.4. The van der Waals surface area contributed by atoms with E-state index in [1.165, 1.54) is 36.3 Å². The number of sulfonamides is 1. The van der Waals surface area contributed by atoms with Crippen LogP contribution >= 0.6 is 23.2 Å². The molecular formula is C30H35Cl2N3O5S. The average Bonchev–Trinajstić information content (AvgIpc) is 2.95. The molecule has 220 valence electrons. The molecule has 0 aliphatic rings. The zero-order chi connectivity index (χ0) is 30.3. The number of hydrogen-bond acceptors (Lipinski definition) is 5. The van der Waals surface area contributed by atoms with Crippen molar-refractivity contribution in [1.29, 1.82) is 0 Å². The van der Waals surface area contributed by atoms with E-state index in [-0.39, 0.29) is 23.4 Å². The van der Waals surface area contributed by atoms with E-state index in [2.05, 4.69) is 5.32 Å². The Morgan fingerprint density at radius 3 is 2.07 bits per heavy atom. The normalized spacial score (nSPS) is 12.8. The second-order valence-electron chi connectivity index (χ2n) is 9.74. The van der Waals surface area contributed by atoms with Crippen molar-refractivity contribution < 1.29 is 22.7 Å². The van der Waals surface area contributed by atoms with Crippen molar-refractivity contribution in [1.82, 2.24) is 10.2 Å². The first-order valence-electron chi connectivity index (χ1n) is 13.1. The predicted molar refractivity (Wildman–Crippen MR) is 163 cm³/mol. The molecule has 41 heavy (non-hydrogen) atoms. The number of hydrogen-bond donors (Lipinski definition) is 1. The number of nitrogens with one attached hydrogen (secondary N) is 1. The predicted octanol–water partition coefficient (Wildman–Crippen LogP) is 5.84. The number of nitrogens with zero attached hydrogens (tertiary/aromatic N) is 2. The van der Waals surface area contributed by atoms with Crippen molar-refractivity contribution in [3.8, 4) is 5.75 Å². The number of methoxy groups -OCH3 is 1. The fourth-order valence-electron chi connectivity index (χ4n) is 4.02. The largest absolute Gasteiger partial charge is 0.497 e. The van der Waals surface area contributed by atoms with Gasteiger partial charge in [0.05, 0.1) is 17.7 Å². The Labute approximate surface area is 252 Å². The van der Waals surface area contributed by atoms with Gasteiger partial charge in [0.1, 0.15) is 18.3 Å². The molecule has 0 heterocycles. The van der Waals surface area contributed by atoms with Crippen LogP contribution in [0.3, 0.4) is 0 Å². The summed E-state index contributed by atoms with van der Waals surface area (Å²) in [4.78, 5) is 28.5. The Kier molecular flexibility index (Phi) is 11.1. The van der Waals surface area contributed by atoms with Gasteiger partial charge >= 0.3 is 0 Å². The molecule has 0 radical (unpaired) electrons. The van der Waals surface area contributed by atoms with Crippen LogP contribution < -0.4 is 14.4 Å². The molecule has 0 saturated carbocycles. The number of carbonyl (C=O) groups is 2. The van der Waals surface area contributed by atoms with Gasteiger partial charge in [0.2, 0.25) is 11.8 Å². The van der Waals surface area contributed by atoms with E-state index in [0.29, 0.717) is 33.5 Å². The average molecular weight is 621 g/mol. The fourth-order valence-corrected chi connectivity index (χ4v) is 5.95. The molecule has 3 rings (SSSR count). The lowest BCUT2D eigenvalue weighted by Crippen LogP contribution is -2.52. The minimum absolute atomic E-state index is 0.0186. The molecule has 1 N–H and O–H groups in total. The molecule has 3 aromatic rings. The first-order valence-corrected chi connectivity index (χ1v) is 15.3. The third-order valence-corrected chi connectivity index (χ3v) is 9.30. The van der Waals surface area contributed by atoms with Crippen molar-refractivity contribution in [2.75, 3.05) is 18.0 Å². The number of benzene rings is 3. The zero-order valence-corrected chi connectivity index (χ0v) is 26.1. The second-order valence-corrected chi connectivity index (χ2v) is 12.4. The summed E-state index contributed by atoms with van der Waals surface area (Å²) in [6, 6.07) is 16.6. The molecule has 0 spiro atoms. The van der Waals surface area contributed by atoms with Crippen LogP contribution in [0.4, 0.5) is 5.69 Å². The molecule has 0 aliphatic heterocycles. The molecule has 0 saturated heterocycles. The van der Waals surface area contributed by atoms with Gasteiger partial charge in [-0.1, -0.05) is 53.9 Å². The maximum Gasteiger partial charge on any atom is 0.264 e. The molecule has 0 unspecified atom stereocenters. The summed E-state index contributed by atoms with van der Waals surface area (Å²) >= 11 is 12.8. The summed E-state index contributed by atoms with van der Waals surface area (Å²) in [5, 5.41) is 3.55. The lowest BCUT2D eigenvalue weighted by molar-refractivity contribution is -0.139. The van der Waals surface area contributed by atoms with Crippen LogP contribution in [0.25, 0.3) is 0 Å². The minimum Gasteiger partial charge on any atom is -0.497 e. The first kappa shape index (κ1) is 32.2. The van der Waals surface area contributed by atoms with Crippen molar-refractivity contribution >= 4 is 50.7 Å². The number of carbonyl (C=O) groups excluding carboxylic acids is 2. The van der Waals surface area contributed by atoms with E-state index in [1.807, 2.05) is 20.8 Å². The van der Waals surface area contributed by atoms with Gasteiger partial charge in [0.15, 0.2) is 0 Å². The molecule has 0 aliphatic carbocycles. The Hall–Kier alpha value is -3.27. The van der Waals surface area contributed by atoms with Gasteiger partial charge in [-0.05, 0) is 75.7 Å². The summed E-state index contributed by atoms with van der Waals surface area (Å²) in [5.41, 5.74) is 1.67. The molecule has 0 fully saturated rings. The molecule has 2 atom stereocenters. The van der Waals surface area contributed by atoms with Gasteiger partial charge in [-0.15, -0.1) is 0 Å². The van der Waals surface area contributed by atoms with Gasteiger partial charge in [-0.3, -0.25) is 13.9 Å². The molecule has 2 amide bonds. The summed E-state index contributed by atoms with van der Waals surface area (Å²) in [6.45, 7) is 6.60. The van der Waals surface area contributed by atoms with Crippen LogP contribution in [-0.4, -0.2) is 50.9 Å². The van der Waals surface area contributed by atoms with Gasteiger partial charge in [-0.25, -0.2) is 8.42 Å². The Bertz CT molecular complexity index is 1440. The van der Waals surface area contributed by atoms with Gasteiger partial charge in [0.25, 0.3) is 10.0 Å². The van der Waals surface area contributed by atoms with E-state index in [9.17, 15) is 18.0 Å². The van der Waals surface area contributed by atoms with Gasteiger partial charge < -0.3 is 15.0 Å². The number of ether oxygens (including phenoxy) is 1. The standard InChI is InChI=1S/C30H35Cl2N3O5S/c1-6-21(3)33-30(37)22(4)34(18-26-27(31)8-7-9-28(26)32)29(36)19-35(23-12-10-20(2)11-13-23)41(38,39)25-16-14-24(40-5)15-17-25/h7-17,21-22H,6,18-19H2,1-5H3,(H,33,37)/t21-,22+/m1/s1. The highest BCUT2D eigenvalue weighted by Gasteiger charge is 2.33. The highest BCUT2D eigenvalue weighted by Crippen LogP contribution is 2.29. The third kappa shape index (κ3) is 7.93. The lowest BCUT2D eigenvalue weighted by Gasteiger charge is -2.33. The van der Waals surface area contributed by atoms with Crippen molar-refractivity contribution in [2.24, 2.45) is 0 Å². The number of amides is 2. The number of halogens is 2. The van der Waals surface area contributed by atoms with Crippen LogP contribution in [0, 0.1) is 6.92 Å². The van der Waals surface area contributed by atoms with E-state index < -0.39 is 28.5 Å². The number of aryl methyl sites for hydroxylation is 1.